The number of hydrogen-bond donors (Lipinski definition) is 0. The lowest BCUT2D eigenvalue weighted by Crippen LogP contribution is -2.20. The molecule has 0 unspecified atom stereocenters. The van der Waals surface area contributed by atoms with E-state index in [2.05, 4.69) is 15.4 Å². The zero-order valence-electron chi connectivity index (χ0n) is 11.9. The Labute approximate surface area is 118 Å². The highest BCUT2D eigenvalue weighted by Gasteiger charge is 2.10. The van der Waals surface area contributed by atoms with Gasteiger partial charge in [0, 0.05) is 25.2 Å². The molecule has 2 aromatic rings. The SMILES string of the molecule is CCOC(CCn1nnc(-c2ccccc2)n1)OCC. The largest absolute Gasteiger partial charge is 0.353 e. The summed E-state index contributed by atoms with van der Waals surface area (Å²) in [6.07, 6.45) is 0.489. The average molecular weight is 276 g/mol. The highest BCUT2D eigenvalue weighted by atomic mass is 16.7. The van der Waals surface area contributed by atoms with E-state index in [1.165, 1.54) is 0 Å². The van der Waals surface area contributed by atoms with Gasteiger partial charge in [-0.3, -0.25) is 0 Å². The molecular formula is C14H20N4O2. The van der Waals surface area contributed by atoms with Gasteiger partial charge in [0.2, 0.25) is 5.82 Å². The lowest BCUT2D eigenvalue weighted by Gasteiger charge is -2.15. The van der Waals surface area contributed by atoms with E-state index in [0.717, 1.165) is 5.56 Å². The molecule has 0 aliphatic rings. The van der Waals surface area contributed by atoms with Crippen molar-refractivity contribution in [3.63, 3.8) is 0 Å². The average Bonchev–Trinajstić information content (AvgIpc) is 2.95. The fourth-order valence-electron chi connectivity index (χ4n) is 1.85. The van der Waals surface area contributed by atoms with Crippen LogP contribution in [0.15, 0.2) is 30.3 Å². The Balaban J connectivity index is 1.92. The topological polar surface area (TPSA) is 62.1 Å². The first kappa shape index (κ1) is 14.6. The van der Waals surface area contributed by atoms with E-state index in [1.807, 2.05) is 44.2 Å². The second kappa shape index (κ2) is 7.72. The van der Waals surface area contributed by atoms with Crippen LogP contribution in [0.1, 0.15) is 20.3 Å². The Kier molecular flexibility index (Phi) is 5.64. The maximum Gasteiger partial charge on any atom is 0.204 e. The van der Waals surface area contributed by atoms with Crippen LogP contribution in [0.2, 0.25) is 0 Å². The van der Waals surface area contributed by atoms with E-state index >= 15 is 0 Å². The third kappa shape index (κ3) is 4.11. The van der Waals surface area contributed by atoms with Crippen molar-refractivity contribution < 1.29 is 9.47 Å². The Morgan fingerprint density at radius 1 is 1.10 bits per heavy atom. The summed E-state index contributed by atoms with van der Waals surface area (Å²) >= 11 is 0. The summed E-state index contributed by atoms with van der Waals surface area (Å²) in [6.45, 7) is 5.78. The van der Waals surface area contributed by atoms with Crippen molar-refractivity contribution in [2.75, 3.05) is 13.2 Å². The first-order valence-electron chi connectivity index (χ1n) is 6.90. The van der Waals surface area contributed by atoms with Gasteiger partial charge in [0.05, 0.1) is 6.54 Å². The Bertz CT molecular complexity index is 495. The van der Waals surface area contributed by atoms with Crippen LogP contribution < -0.4 is 0 Å². The molecule has 0 saturated heterocycles. The molecule has 1 heterocycles. The molecule has 0 aliphatic heterocycles. The minimum absolute atomic E-state index is 0.212. The summed E-state index contributed by atoms with van der Waals surface area (Å²) < 4.78 is 11.0. The molecule has 0 radical (unpaired) electrons. The third-order valence-corrected chi connectivity index (χ3v) is 2.75. The monoisotopic (exact) mass is 276 g/mol. The number of nitrogens with zero attached hydrogens (tertiary/aromatic N) is 4. The molecule has 1 aromatic heterocycles. The summed E-state index contributed by atoms with van der Waals surface area (Å²) in [7, 11) is 0. The highest BCUT2D eigenvalue weighted by molar-refractivity contribution is 5.52. The Morgan fingerprint density at radius 3 is 2.45 bits per heavy atom. The molecule has 108 valence electrons. The van der Waals surface area contributed by atoms with Crippen LogP contribution in [0.25, 0.3) is 11.4 Å². The summed E-state index contributed by atoms with van der Waals surface area (Å²) in [5.74, 6) is 0.634. The van der Waals surface area contributed by atoms with Crippen LogP contribution >= 0.6 is 0 Å². The van der Waals surface area contributed by atoms with Gasteiger partial charge in [0.25, 0.3) is 0 Å². The zero-order valence-corrected chi connectivity index (χ0v) is 11.9. The highest BCUT2D eigenvalue weighted by Crippen LogP contribution is 2.12. The zero-order chi connectivity index (χ0) is 14.2. The molecule has 0 bridgehead atoms. The maximum absolute atomic E-state index is 5.48. The van der Waals surface area contributed by atoms with Crippen LogP contribution in [-0.2, 0) is 16.0 Å². The van der Waals surface area contributed by atoms with Crippen molar-refractivity contribution in [2.45, 2.75) is 33.1 Å². The van der Waals surface area contributed by atoms with Gasteiger partial charge in [-0.2, -0.15) is 4.80 Å². The van der Waals surface area contributed by atoms with Gasteiger partial charge in [0.15, 0.2) is 6.29 Å². The molecule has 0 spiro atoms. The van der Waals surface area contributed by atoms with Crippen molar-refractivity contribution in [1.82, 2.24) is 20.2 Å². The number of aryl methyl sites for hydroxylation is 1. The number of tetrazole rings is 1. The Morgan fingerprint density at radius 2 is 1.80 bits per heavy atom. The van der Waals surface area contributed by atoms with Crippen LogP contribution in [-0.4, -0.2) is 39.7 Å². The van der Waals surface area contributed by atoms with E-state index in [4.69, 9.17) is 9.47 Å². The minimum atomic E-state index is -0.212. The Hall–Kier alpha value is -1.79. The van der Waals surface area contributed by atoms with Crippen LogP contribution in [0.3, 0.4) is 0 Å². The molecular weight excluding hydrogens is 256 g/mol. The van der Waals surface area contributed by atoms with Gasteiger partial charge in [-0.25, -0.2) is 0 Å². The van der Waals surface area contributed by atoms with E-state index in [0.29, 0.717) is 32.0 Å². The number of hydrogen-bond acceptors (Lipinski definition) is 5. The molecule has 6 nitrogen and oxygen atoms in total. The standard InChI is InChI=1S/C14H20N4O2/c1-3-19-13(20-4-2)10-11-18-16-14(15-17-18)12-8-6-5-7-9-12/h5-9,13H,3-4,10-11H2,1-2H3. The quantitative estimate of drug-likeness (QED) is 0.691. The van der Waals surface area contributed by atoms with Gasteiger partial charge in [-0.05, 0) is 19.1 Å². The second-order valence-electron chi connectivity index (χ2n) is 4.20. The first-order valence-corrected chi connectivity index (χ1v) is 6.90. The van der Waals surface area contributed by atoms with E-state index in [1.54, 1.807) is 4.80 Å². The predicted octanol–water partition coefficient (Wildman–Crippen LogP) is 2.13. The molecule has 1 aromatic carbocycles. The minimum Gasteiger partial charge on any atom is -0.353 e. The number of rotatable bonds is 8. The molecule has 0 atom stereocenters. The van der Waals surface area contributed by atoms with E-state index in [9.17, 15) is 0 Å². The van der Waals surface area contributed by atoms with E-state index < -0.39 is 0 Å². The number of ether oxygens (including phenoxy) is 2. The summed E-state index contributed by atoms with van der Waals surface area (Å²) in [4.78, 5) is 1.58. The molecule has 0 N–H and O–H groups in total. The smallest absolute Gasteiger partial charge is 0.204 e. The predicted molar refractivity (Wildman–Crippen MR) is 74.9 cm³/mol. The third-order valence-electron chi connectivity index (χ3n) is 2.75. The molecule has 2 rings (SSSR count). The van der Waals surface area contributed by atoms with Gasteiger partial charge in [-0.1, -0.05) is 30.3 Å². The van der Waals surface area contributed by atoms with Crippen LogP contribution in [0, 0.1) is 0 Å². The summed E-state index contributed by atoms with van der Waals surface area (Å²) in [5.41, 5.74) is 0.963. The van der Waals surface area contributed by atoms with Gasteiger partial charge < -0.3 is 9.47 Å². The fraction of sp³-hybridized carbons (Fsp3) is 0.500. The number of benzene rings is 1. The van der Waals surface area contributed by atoms with Crippen LogP contribution in [0.4, 0.5) is 0 Å². The van der Waals surface area contributed by atoms with Crippen molar-refractivity contribution in [1.29, 1.82) is 0 Å². The first-order chi connectivity index (χ1) is 9.83. The molecule has 0 saturated carbocycles. The lowest BCUT2D eigenvalue weighted by atomic mass is 10.2. The molecule has 0 aliphatic carbocycles. The summed E-state index contributed by atoms with van der Waals surface area (Å²) in [6, 6.07) is 9.80. The maximum atomic E-state index is 5.48. The molecule has 0 amide bonds. The van der Waals surface area contributed by atoms with Crippen molar-refractivity contribution in [3.8, 4) is 11.4 Å². The van der Waals surface area contributed by atoms with Crippen LogP contribution in [0.5, 0.6) is 0 Å². The van der Waals surface area contributed by atoms with Crippen molar-refractivity contribution >= 4 is 0 Å². The molecule has 0 fully saturated rings. The van der Waals surface area contributed by atoms with Crippen molar-refractivity contribution in [2.24, 2.45) is 0 Å². The second-order valence-corrected chi connectivity index (χ2v) is 4.20. The fourth-order valence-corrected chi connectivity index (χ4v) is 1.85. The summed E-state index contributed by atoms with van der Waals surface area (Å²) in [5, 5.41) is 12.5. The molecule has 20 heavy (non-hydrogen) atoms. The van der Waals surface area contributed by atoms with Gasteiger partial charge >= 0.3 is 0 Å². The van der Waals surface area contributed by atoms with E-state index in [-0.39, 0.29) is 6.29 Å². The van der Waals surface area contributed by atoms with Gasteiger partial charge in [0.1, 0.15) is 0 Å². The normalized spacial score (nSPS) is 11.2. The lowest BCUT2D eigenvalue weighted by molar-refractivity contribution is -0.141. The molecule has 6 heteroatoms. The number of aromatic nitrogens is 4. The van der Waals surface area contributed by atoms with Gasteiger partial charge in [-0.15, -0.1) is 10.2 Å². The van der Waals surface area contributed by atoms with Crippen molar-refractivity contribution in [3.05, 3.63) is 30.3 Å².